The number of aromatic nitrogens is 1. The predicted molar refractivity (Wildman–Crippen MR) is 105 cm³/mol. The van der Waals surface area contributed by atoms with Gasteiger partial charge in [0.2, 0.25) is 0 Å². The van der Waals surface area contributed by atoms with E-state index in [2.05, 4.69) is 18.8 Å². The smallest absolute Gasteiger partial charge is 0.178 e. The highest BCUT2D eigenvalue weighted by molar-refractivity contribution is 5.36. The molecule has 0 amide bonds. The summed E-state index contributed by atoms with van der Waals surface area (Å²) in [5.41, 5.74) is 0. The summed E-state index contributed by atoms with van der Waals surface area (Å²) >= 11 is 0. The average Bonchev–Trinajstić information content (AvgIpc) is 3.12. The zero-order valence-corrected chi connectivity index (χ0v) is 17.0. The van der Waals surface area contributed by atoms with E-state index in [1.54, 1.807) is 12.4 Å². The summed E-state index contributed by atoms with van der Waals surface area (Å²) < 4.78 is 33.2. The van der Waals surface area contributed by atoms with Crippen LogP contribution in [0.1, 0.15) is 39.5 Å². The van der Waals surface area contributed by atoms with Crippen molar-refractivity contribution >= 4 is 0 Å². The molecule has 0 bridgehead atoms. The molecule has 7 nitrogen and oxygen atoms in total. The Hall–Kier alpha value is -1.28. The Morgan fingerprint density at radius 1 is 0.556 bits per heavy atom. The molecule has 1 N–H and O–H groups in total. The van der Waals surface area contributed by atoms with Gasteiger partial charge in [-0.25, -0.2) is 0 Å². The van der Waals surface area contributed by atoms with Crippen molar-refractivity contribution in [2.24, 2.45) is 0 Å². The zero-order valence-electron chi connectivity index (χ0n) is 17.0. The van der Waals surface area contributed by atoms with Crippen LogP contribution >= 0.6 is 0 Å². The molecule has 0 unspecified atom stereocenters. The fourth-order valence-corrected chi connectivity index (χ4v) is 2.12. The number of rotatable bonds is 20. The van der Waals surface area contributed by atoms with Crippen LogP contribution in [0.25, 0.3) is 0 Å². The molecule has 0 radical (unpaired) electrons. The van der Waals surface area contributed by atoms with Crippen molar-refractivity contribution in [2.45, 2.75) is 39.5 Å². The number of nitrogens with one attached hydrogen (secondary N) is 1. The normalized spacial score (nSPS) is 11.0. The second kappa shape index (κ2) is 18.1. The van der Waals surface area contributed by atoms with Crippen LogP contribution in [-0.4, -0.2) is 71.1 Å². The molecule has 0 aliphatic rings. The molecule has 1 rings (SSSR count). The molecule has 0 saturated heterocycles. The first-order chi connectivity index (χ1) is 13.4. The number of unbranched alkanes of at least 4 members (excludes halogenated alkanes) is 2. The third kappa shape index (κ3) is 13.5. The van der Waals surface area contributed by atoms with E-state index in [0.29, 0.717) is 64.4 Å². The van der Waals surface area contributed by atoms with Gasteiger partial charge in [-0.2, -0.15) is 0 Å². The van der Waals surface area contributed by atoms with Gasteiger partial charge in [0.05, 0.1) is 39.6 Å². The van der Waals surface area contributed by atoms with Crippen molar-refractivity contribution in [3.8, 4) is 11.5 Å². The molecule has 1 aromatic heterocycles. The first-order valence-electron chi connectivity index (χ1n) is 10.1. The molecule has 0 aliphatic carbocycles. The van der Waals surface area contributed by atoms with Gasteiger partial charge in [0.1, 0.15) is 13.2 Å². The Bertz CT molecular complexity index is 390. The summed E-state index contributed by atoms with van der Waals surface area (Å²) in [6.07, 6.45) is 8.02. The van der Waals surface area contributed by atoms with Gasteiger partial charge in [-0.3, -0.25) is 0 Å². The molecule has 1 aromatic rings. The van der Waals surface area contributed by atoms with E-state index < -0.39 is 0 Å². The van der Waals surface area contributed by atoms with E-state index in [0.717, 1.165) is 38.9 Å². The molecule has 7 heteroatoms. The van der Waals surface area contributed by atoms with E-state index in [-0.39, 0.29) is 0 Å². The molecule has 0 spiro atoms. The van der Waals surface area contributed by atoms with Gasteiger partial charge in [0.25, 0.3) is 0 Å². The summed E-state index contributed by atoms with van der Waals surface area (Å²) in [6.45, 7) is 10.3. The van der Waals surface area contributed by atoms with E-state index in [4.69, 9.17) is 28.4 Å². The third-order valence-electron chi connectivity index (χ3n) is 3.67. The minimum absolute atomic E-state index is 0.467. The predicted octanol–water partition coefficient (Wildman–Crippen LogP) is 3.44. The van der Waals surface area contributed by atoms with E-state index in [9.17, 15) is 0 Å². The highest BCUT2D eigenvalue weighted by Crippen LogP contribution is 2.26. The second-order valence-electron chi connectivity index (χ2n) is 6.04. The Balaban J connectivity index is 1.96. The van der Waals surface area contributed by atoms with Crippen LogP contribution in [0.15, 0.2) is 12.4 Å². The van der Waals surface area contributed by atoms with Crippen LogP contribution < -0.4 is 9.47 Å². The quantitative estimate of drug-likeness (QED) is 0.346. The molecule has 0 aliphatic heterocycles. The molecule has 0 aromatic carbocycles. The van der Waals surface area contributed by atoms with Crippen LogP contribution in [0, 0.1) is 0 Å². The highest BCUT2D eigenvalue weighted by atomic mass is 16.6. The van der Waals surface area contributed by atoms with E-state index in [1.807, 2.05) is 0 Å². The van der Waals surface area contributed by atoms with Gasteiger partial charge >= 0.3 is 0 Å². The second-order valence-corrected chi connectivity index (χ2v) is 6.04. The maximum atomic E-state index is 5.67. The highest BCUT2D eigenvalue weighted by Gasteiger charge is 2.06. The summed E-state index contributed by atoms with van der Waals surface area (Å²) in [7, 11) is 0. The molecular formula is C20H37NO6. The summed E-state index contributed by atoms with van der Waals surface area (Å²) in [4.78, 5) is 2.99. The standard InChI is InChI=1S/C20H37NO6/c1-3-5-7-22-9-11-24-13-15-26-19-17-21-18-20(19)27-16-14-25-12-10-23-8-6-4-2/h17-18,21H,3-16H2,1-2H3. The fraction of sp³-hybridized carbons (Fsp3) is 0.800. The number of aromatic amines is 1. The molecule has 1 heterocycles. The largest absolute Gasteiger partial charge is 0.486 e. The van der Waals surface area contributed by atoms with Crippen LogP contribution in [-0.2, 0) is 18.9 Å². The third-order valence-corrected chi connectivity index (χ3v) is 3.67. The SMILES string of the molecule is CCCCOCCOCCOc1c[nH]cc1OCCOCCOCCCC. The van der Waals surface area contributed by atoms with E-state index >= 15 is 0 Å². The first-order valence-corrected chi connectivity index (χ1v) is 10.1. The van der Waals surface area contributed by atoms with Crippen LogP contribution in [0.2, 0.25) is 0 Å². The Morgan fingerprint density at radius 2 is 0.926 bits per heavy atom. The van der Waals surface area contributed by atoms with Gasteiger partial charge in [0.15, 0.2) is 11.5 Å². The average molecular weight is 388 g/mol. The lowest BCUT2D eigenvalue weighted by Gasteiger charge is -2.10. The van der Waals surface area contributed by atoms with Gasteiger partial charge in [-0.1, -0.05) is 26.7 Å². The maximum absolute atomic E-state index is 5.67. The first kappa shape index (κ1) is 23.8. The molecule has 27 heavy (non-hydrogen) atoms. The van der Waals surface area contributed by atoms with Crippen molar-refractivity contribution < 1.29 is 28.4 Å². The number of H-pyrrole nitrogens is 1. The number of hydrogen-bond acceptors (Lipinski definition) is 6. The number of hydrogen-bond donors (Lipinski definition) is 1. The lowest BCUT2D eigenvalue weighted by Crippen LogP contribution is -2.12. The molecule has 0 fully saturated rings. The van der Waals surface area contributed by atoms with Crippen LogP contribution in [0.5, 0.6) is 11.5 Å². The summed E-state index contributed by atoms with van der Waals surface area (Å²) in [5.74, 6) is 1.36. The van der Waals surface area contributed by atoms with Gasteiger partial charge in [0, 0.05) is 25.6 Å². The topological polar surface area (TPSA) is 71.2 Å². The van der Waals surface area contributed by atoms with Gasteiger partial charge < -0.3 is 33.4 Å². The van der Waals surface area contributed by atoms with Gasteiger partial charge in [-0.15, -0.1) is 0 Å². The molecular weight excluding hydrogens is 350 g/mol. The Kier molecular flexibility index (Phi) is 15.9. The van der Waals surface area contributed by atoms with Crippen molar-refractivity contribution in [1.82, 2.24) is 4.98 Å². The number of ether oxygens (including phenoxy) is 6. The summed E-state index contributed by atoms with van der Waals surface area (Å²) in [5, 5.41) is 0. The zero-order chi connectivity index (χ0) is 19.4. The van der Waals surface area contributed by atoms with Crippen molar-refractivity contribution in [3.05, 3.63) is 12.4 Å². The van der Waals surface area contributed by atoms with Crippen molar-refractivity contribution in [3.63, 3.8) is 0 Å². The maximum Gasteiger partial charge on any atom is 0.178 e. The molecule has 158 valence electrons. The lowest BCUT2D eigenvalue weighted by molar-refractivity contribution is 0.0325. The van der Waals surface area contributed by atoms with Crippen molar-refractivity contribution in [2.75, 3.05) is 66.1 Å². The minimum atomic E-state index is 0.467. The van der Waals surface area contributed by atoms with Crippen LogP contribution in [0.3, 0.4) is 0 Å². The summed E-state index contributed by atoms with van der Waals surface area (Å²) in [6, 6.07) is 0. The van der Waals surface area contributed by atoms with Gasteiger partial charge in [-0.05, 0) is 12.8 Å². The Morgan fingerprint density at radius 3 is 1.33 bits per heavy atom. The molecule has 0 atom stereocenters. The minimum Gasteiger partial charge on any atom is -0.486 e. The van der Waals surface area contributed by atoms with E-state index in [1.165, 1.54) is 0 Å². The Labute approximate surface area is 163 Å². The molecule has 0 saturated carbocycles. The van der Waals surface area contributed by atoms with Crippen molar-refractivity contribution in [1.29, 1.82) is 0 Å². The monoisotopic (exact) mass is 387 g/mol. The lowest BCUT2D eigenvalue weighted by atomic mass is 10.4. The fourth-order valence-electron chi connectivity index (χ4n) is 2.12. The van der Waals surface area contributed by atoms with Crippen LogP contribution in [0.4, 0.5) is 0 Å².